The highest BCUT2D eigenvalue weighted by Gasteiger charge is 2.33. The molecule has 198 valence electrons. The van der Waals surface area contributed by atoms with Gasteiger partial charge in [-0.1, -0.05) is 54.6 Å². The summed E-state index contributed by atoms with van der Waals surface area (Å²) in [6.45, 7) is 4.47. The van der Waals surface area contributed by atoms with Crippen LogP contribution in [0.25, 0.3) is 11.8 Å². The number of hydrogen-bond donors (Lipinski definition) is 1. The minimum Gasteiger partial charge on any atom is -0.351 e. The average molecular weight is 524 g/mol. The van der Waals surface area contributed by atoms with E-state index in [1.807, 2.05) is 78.6 Å². The van der Waals surface area contributed by atoms with Crippen molar-refractivity contribution in [2.24, 2.45) is 4.99 Å². The van der Waals surface area contributed by atoms with E-state index < -0.39 is 4.92 Å². The summed E-state index contributed by atoms with van der Waals surface area (Å²) in [5.74, 6) is 1.78. The van der Waals surface area contributed by atoms with E-state index >= 15 is 0 Å². The number of anilines is 2. The standard InChI is InChI=1S/C29H29N7O3/c1-20(18-22-8-10-23(11-9-22)19-21(2)36(38)39)31-28-30-15-12-26(33-28)34-17-14-27(37)35-16-13-25(32-29(34)35)24-6-4-3-5-7-24/h3-13,15,19-20H,14,16-18H2,1-2H3,(H,30,31,33). The van der Waals surface area contributed by atoms with E-state index in [0.717, 1.165) is 28.8 Å². The lowest BCUT2D eigenvalue weighted by Crippen LogP contribution is -2.54. The van der Waals surface area contributed by atoms with E-state index in [2.05, 4.69) is 10.3 Å². The molecule has 2 aromatic carbocycles. The van der Waals surface area contributed by atoms with Crippen LogP contribution < -0.4 is 10.2 Å². The van der Waals surface area contributed by atoms with E-state index in [9.17, 15) is 14.9 Å². The highest BCUT2D eigenvalue weighted by molar-refractivity contribution is 6.10. The maximum Gasteiger partial charge on any atom is 0.243 e. The molecule has 0 aliphatic carbocycles. The summed E-state index contributed by atoms with van der Waals surface area (Å²) in [7, 11) is 0. The van der Waals surface area contributed by atoms with Crippen molar-refractivity contribution in [2.75, 3.05) is 23.3 Å². The number of aromatic nitrogens is 2. The first-order valence-electron chi connectivity index (χ1n) is 12.8. The normalized spacial score (nSPS) is 16.3. The molecule has 1 N–H and O–H groups in total. The Morgan fingerprint density at radius 3 is 2.64 bits per heavy atom. The third-order valence-electron chi connectivity index (χ3n) is 6.57. The van der Waals surface area contributed by atoms with Gasteiger partial charge in [0.1, 0.15) is 5.82 Å². The number of rotatable bonds is 8. The zero-order valence-corrected chi connectivity index (χ0v) is 21.8. The van der Waals surface area contributed by atoms with E-state index in [4.69, 9.17) is 9.98 Å². The van der Waals surface area contributed by atoms with Gasteiger partial charge in [0, 0.05) is 44.7 Å². The molecule has 1 amide bonds. The highest BCUT2D eigenvalue weighted by atomic mass is 16.6. The molecule has 3 aromatic rings. The fourth-order valence-electron chi connectivity index (χ4n) is 4.58. The Kier molecular flexibility index (Phi) is 7.44. The molecule has 1 saturated heterocycles. The van der Waals surface area contributed by atoms with Gasteiger partial charge in [-0.2, -0.15) is 4.98 Å². The SMILES string of the molecule is CC(=Cc1ccc(CC(C)Nc2nccc(N3CCC(=O)N4CC=C(c5ccccc5)N=C43)n2)cc1)[N+](=O)[O-]. The van der Waals surface area contributed by atoms with Crippen LogP contribution in [0.2, 0.25) is 0 Å². The third kappa shape index (κ3) is 6.01. The van der Waals surface area contributed by atoms with Crippen molar-refractivity contribution in [3.63, 3.8) is 0 Å². The summed E-state index contributed by atoms with van der Waals surface area (Å²) in [5.41, 5.74) is 3.80. The van der Waals surface area contributed by atoms with Crippen molar-refractivity contribution in [3.8, 4) is 0 Å². The van der Waals surface area contributed by atoms with Crippen LogP contribution >= 0.6 is 0 Å². The molecular formula is C29H29N7O3. The van der Waals surface area contributed by atoms with Crippen molar-refractivity contribution in [3.05, 3.63) is 105 Å². The summed E-state index contributed by atoms with van der Waals surface area (Å²) in [6.07, 6.45) is 6.32. The zero-order valence-electron chi connectivity index (χ0n) is 21.8. The lowest BCUT2D eigenvalue weighted by molar-refractivity contribution is -0.422. The second-order valence-corrected chi connectivity index (χ2v) is 9.55. The lowest BCUT2D eigenvalue weighted by atomic mass is 10.0. The van der Waals surface area contributed by atoms with Crippen LogP contribution in [0.3, 0.4) is 0 Å². The van der Waals surface area contributed by atoms with Gasteiger partial charge in [-0.05, 0) is 42.2 Å². The summed E-state index contributed by atoms with van der Waals surface area (Å²) in [4.78, 5) is 40.8. The van der Waals surface area contributed by atoms with Crippen molar-refractivity contribution in [1.29, 1.82) is 0 Å². The number of hydrogen-bond acceptors (Lipinski definition) is 8. The van der Waals surface area contributed by atoms with Crippen LogP contribution in [0.4, 0.5) is 11.8 Å². The molecule has 0 saturated carbocycles. The molecule has 10 nitrogen and oxygen atoms in total. The Bertz CT molecular complexity index is 1470. The van der Waals surface area contributed by atoms with Crippen LogP contribution in [0.1, 0.15) is 37.0 Å². The summed E-state index contributed by atoms with van der Waals surface area (Å²) >= 11 is 0. The minimum absolute atomic E-state index is 0.0289. The zero-order chi connectivity index (χ0) is 27.4. The Morgan fingerprint density at radius 2 is 1.90 bits per heavy atom. The van der Waals surface area contributed by atoms with Crippen LogP contribution in [0, 0.1) is 10.1 Å². The molecule has 1 fully saturated rings. The number of carbonyl (C=O) groups excluding carboxylic acids is 1. The minimum atomic E-state index is -0.396. The van der Waals surface area contributed by atoms with Gasteiger partial charge in [-0.25, -0.2) is 9.98 Å². The number of allylic oxidation sites excluding steroid dienone is 1. The molecule has 1 unspecified atom stereocenters. The largest absolute Gasteiger partial charge is 0.351 e. The molecule has 5 rings (SSSR count). The molecule has 0 radical (unpaired) electrons. The molecule has 2 aliphatic heterocycles. The molecule has 1 aromatic heterocycles. The summed E-state index contributed by atoms with van der Waals surface area (Å²) in [5, 5.41) is 14.2. The predicted octanol–water partition coefficient (Wildman–Crippen LogP) is 4.61. The number of amides is 1. The molecule has 0 spiro atoms. The van der Waals surface area contributed by atoms with Gasteiger partial charge in [0.2, 0.25) is 23.5 Å². The van der Waals surface area contributed by atoms with Gasteiger partial charge in [0.25, 0.3) is 0 Å². The van der Waals surface area contributed by atoms with Crippen molar-refractivity contribution < 1.29 is 9.72 Å². The number of carbonyl (C=O) groups is 1. The number of aliphatic imine (C=N–C) groups is 1. The summed E-state index contributed by atoms with van der Waals surface area (Å²) < 4.78 is 0. The van der Waals surface area contributed by atoms with Crippen molar-refractivity contribution in [1.82, 2.24) is 14.9 Å². The Labute approximate surface area is 226 Å². The third-order valence-corrected chi connectivity index (χ3v) is 6.57. The molecule has 3 heterocycles. The second kappa shape index (κ2) is 11.3. The van der Waals surface area contributed by atoms with E-state index in [0.29, 0.717) is 37.2 Å². The van der Waals surface area contributed by atoms with Gasteiger partial charge >= 0.3 is 0 Å². The fraction of sp³-hybridized carbons (Fsp3) is 0.241. The molecule has 2 aliphatic rings. The number of nitro groups is 1. The van der Waals surface area contributed by atoms with Gasteiger partial charge in [-0.3, -0.25) is 24.7 Å². The molecule has 39 heavy (non-hydrogen) atoms. The molecule has 1 atom stereocenters. The van der Waals surface area contributed by atoms with Gasteiger partial charge < -0.3 is 5.32 Å². The maximum atomic E-state index is 12.6. The van der Waals surface area contributed by atoms with Gasteiger partial charge in [-0.15, -0.1) is 0 Å². The fourth-order valence-corrected chi connectivity index (χ4v) is 4.58. The average Bonchev–Trinajstić information content (AvgIpc) is 2.94. The lowest BCUT2D eigenvalue weighted by Gasteiger charge is -2.38. The number of benzene rings is 2. The number of guanidine groups is 1. The van der Waals surface area contributed by atoms with Crippen LogP contribution in [0.5, 0.6) is 0 Å². The van der Waals surface area contributed by atoms with E-state index in [1.54, 1.807) is 17.2 Å². The monoisotopic (exact) mass is 523 g/mol. The smallest absolute Gasteiger partial charge is 0.243 e. The Balaban J connectivity index is 1.30. The first kappa shape index (κ1) is 25.8. The molecular weight excluding hydrogens is 494 g/mol. The van der Waals surface area contributed by atoms with E-state index in [1.165, 1.54) is 6.92 Å². The quantitative estimate of drug-likeness (QED) is 0.339. The van der Waals surface area contributed by atoms with Crippen molar-refractivity contribution in [2.45, 2.75) is 32.7 Å². The van der Waals surface area contributed by atoms with Crippen LogP contribution in [-0.4, -0.2) is 50.8 Å². The number of nitrogens with zero attached hydrogens (tertiary/aromatic N) is 6. The Hall–Kier alpha value is -4.86. The first-order chi connectivity index (χ1) is 18.9. The maximum absolute atomic E-state index is 12.6. The second-order valence-electron chi connectivity index (χ2n) is 9.55. The number of nitrogens with one attached hydrogen (secondary N) is 1. The first-order valence-corrected chi connectivity index (χ1v) is 12.8. The highest BCUT2D eigenvalue weighted by Crippen LogP contribution is 2.27. The van der Waals surface area contributed by atoms with Crippen LogP contribution in [-0.2, 0) is 11.2 Å². The topological polar surface area (TPSA) is 117 Å². The van der Waals surface area contributed by atoms with Crippen LogP contribution in [0.15, 0.2) is 83.6 Å². The molecule has 0 bridgehead atoms. The Morgan fingerprint density at radius 1 is 1.13 bits per heavy atom. The van der Waals surface area contributed by atoms with E-state index in [-0.39, 0.29) is 17.6 Å². The van der Waals surface area contributed by atoms with Gasteiger partial charge in [0.05, 0.1) is 10.6 Å². The van der Waals surface area contributed by atoms with Crippen molar-refractivity contribution >= 4 is 35.4 Å². The summed E-state index contributed by atoms with van der Waals surface area (Å²) in [6, 6.07) is 19.5. The predicted molar refractivity (Wildman–Crippen MR) is 151 cm³/mol. The van der Waals surface area contributed by atoms with Gasteiger partial charge in [0.15, 0.2) is 0 Å². The number of fused-ring (bicyclic) bond motifs is 1. The molecule has 10 heteroatoms.